The molecule has 0 atom stereocenters. The van der Waals surface area contributed by atoms with Crippen molar-refractivity contribution in [1.29, 1.82) is 0 Å². The molecule has 0 aliphatic rings. The molecule has 0 aliphatic carbocycles. The summed E-state index contributed by atoms with van der Waals surface area (Å²) in [6, 6.07) is 4.50. The second-order valence-corrected chi connectivity index (χ2v) is 6.84. The predicted octanol–water partition coefficient (Wildman–Crippen LogP) is 3.90. The van der Waals surface area contributed by atoms with E-state index < -0.39 is 17.3 Å². The number of carbonyl (C=O) groups excluding carboxylic acids is 2. The van der Waals surface area contributed by atoms with Gasteiger partial charge in [-0.05, 0) is 32.0 Å². The number of nitrogens with one attached hydrogen (secondary N) is 1. The minimum atomic E-state index is -0.710. The van der Waals surface area contributed by atoms with Crippen molar-refractivity contribution >= 4 is 28.6 Å². The Morgan fingerprint density at radius 3 is 2.14 bits per heavy atom. The van der Waals surface area contributed by atoms with Crippen LogP contribution in [0.4, 0.5) is 5.69 Å². The van der Waals surface area contributed by atoms with Gasteiger partial charge >= 0.3 is 5.97 Å². The van der Waals surface area contributed by atoms with Crippen LogP contribution in [-0.4, -0.2) is 49.4 Å². The molecule has 0 unspecified atom stereocenters. The first-order chi connectivity index (χ1) is 16.9. The van der Waals surface area contributed by atoms with Gasteiger partial charge in [0.15, 0.2) is 11.5 Å². The lowest BCUT2D eigenvalue weighted by molar-refractivity contribution is 0.0524. The molecule has 0 saturated heterocycles. The number of aryl methyl sites for hydroxylation is 1. The predicted molar refractivity (Wildman–Crippen MR) is 133 cm³/mol. The molecule has 10 heteroatoms. The Balaban J connectivity index is 0.00000210. The molecule has 188 valence electrons. The minimum absolute atomic E-state index is 0.0962. The fraction of sp³-hybridized carbons (Fsp3) is 0.360. The van der Waals surface area contributed by atoms with E-state index in [0.29, 0.717) is 29.4 Å². The molecule has 0 bridgehead atoms. The summed E-state index contributed by atoms with van der Waals surface area (Å²) in [4.78, 5) is 42.4. The number of carbonyl (C=O) groups is 2. The van der Waals surface area contributed by atoms with Gasteiger partial charge in [0.1, 0.15) is 11.2 Å². The zero-order valence-electron chi connectivity index (χ0n) is 21.1. The van der Waals surface area contributed by atoms with Gasteiger partial charge in [-0.3, -0.25) is 9.59 Å². The maximum atomic E-state index is 12.9. The van der Waals surface area contributed by atoms with Crippen LogP contribution in [0, 0.1) is 0 Å². The highest BCUT2D eigenvalue weighted by molar-refractivity contribution is 6.05. The van der Waals surface area contributed by atoms with Crippen LogP contribution in [0.3, 0.4) is 0 Å². The summed E-state index contributed by atoms with van der Waals surface area (Å²) in [6.45, 7) is 8.15. The van der Waals surface area contributed by atoms with Crippen LogP contribution >= 0.6 is 0 Å². The first-order valence-corrected chi connectivity index (χ1v) is 11.2. The third-order valence-corrected chi connectivity index (χ3v) is 4.93. The van der Waals surface area contributed by atoms with E-state index in [1.807, 2.05) is 20.8 Å². The quantitative estimate of drug-likeness (QED) is 0.478. The molecular weight excluding hydrogens is 454 g/mol. The second-order valence-electron chi connectivity index (χ2n) is 6.84. The number of rotatable bonds is 8. The molecule has 10 nitrogen and oxygen atoms in total. The lowest BCUT2D eigenvalue weighted by Gasteiger charge is -2.14. The number of anilines is 1. The van der Waals surface area contributed by atoms with Crippen molar-refractivity contribution in [1.82, 2.24) is 9.55 Å². The Hall–Kier alpha value is -4.08. The number of benzene rings is 1. The van der Waals surface area contributed by atoms with Gasteiger partial charge in [0, 0.05) is 18.3 Å². The first kappa shape index (κ1) is 27.2. The van der Waals surface area contributed by atoms with Gasteiger partial charge in [-0.15, -0.1) is 0 Å². The Morgan fingerprint density at radius 2 is 1.63 bits per heavy atom. The summed E-state index contributed by atoms with van der Waals surface area (Å²) < 4.78 is 22.5. The molecule has 3 rings (SSSR count). The summed E-state index contributed by atoms with van der Waals surface area (Å²) >= 11 is 0. The van der Waals surface area contributed by atoms with Crippen molar-refractivity contribution in [2.75, 3.05) is 33.3 Å². The number of fused-ring (bicyclic) bond motifs is 1. The number of ether oxygens (including phenoxy) is 4. The van der Waals surface area contributed by atoms with Crippen LogP contribution in [0.25, 0.3) is 11.0 Å². The summed E-state index contributed by atoms with van der Waals surface area (Å²) in [6.07, 6.45) is 2.87. The fourth-order valence-electron chi connectivity index (χ4n) is 3.35. The number of aromatic nitrogens is 2. The molecule has 35 heavy (non-hydrogen) atoms. The van der Waals surface area contributed by atoms with Crippen molar-refractivity contribution in [3.63, 3.8) is 0 Å². The van der Waals surface area contributed by atoms with Crippen LogP contribution in [-0.2, 0) is 11.3 Å². The van der Waals surface area contributed by atoms with E-state index in [-0.39, 0.29) is 28.8 Å². The summed E-state index contributed by atoms with van der Waals surface area (Å²) in [7, 11) is 4.37. The number of esters is 1. The zero-order valence-corrected chi connectivity index (χ0v) is 21.1. The number of nitrogens with zero attached hydrogens (tertiary/aromatic N) is 2. The number of hydrogen-bond acceptors (Lipinski definition) is 8. The Kier molecular flexibility index (Phi) is 9.63. The highest BCUT2D eigenvalue weighted by Crippen LogP contribution is 2.38. The molecule has 3 aromatic rings. The fourth-order valence-corrected chi connectivity index (χ4v) is 3.35. The van der Waals surface area contributed by atoms with Crippen LogP contribution < -0.4 is 25.0 Å². The molecule has 0 aliphatic heterocycles. The Morgan fingerprint density at radius 1 is 1.00 bits per heavy atom. The summed E-state index contributed by atoms with van der Waals surface area (Å²) in [5, 5.41) is 2.90. The second kappa shape index (κ2) is 12.4. The normalized spacial score (nSPS) is 10.1. The molecule has 1 aromatic carbocycles. The molecule has 2 heterocycles. The molecule has 0 saturated carbocycles. The standard InChI is InChI=1S/C23H25N3O7.C2H6/c1-6-26-12-16(23(29)33-7-2)19(27)15-10-14(11-24-21(15)26)25-22(28)13-8-17(30-3)20(32-5)18(9-13)31-4;1-2/h8-12H,6-7H2,1-5H3,(H,25,28);1-2H3. The molecule has 1 N–H and O–H groups in total. The highest BCUT2D eigenvalue weighted by Gasteiger charge is 2.19. The van der Waals surface area contributed by atoms with Crippen molar-refractivity contribution < 1.29 is 28.5 Å². The van der Waals surface area contributed by atoms with Crippen LogP contribution in [0.5, 0.6) is 17.2 Å². The first-order valence-electron chi connectivity index (χ1n) is 11.2. The van der Waals surface area contributed by atoms with Crippen LogP contribution in [0.2, 0.25) is 0 Å². The topological polar surface area (TPSA) is 118 Å². The molecule has 0 spiro atoms. The van der Waals surface area contributed by atoms with Gasteiger partial charge in [0.25, 0.3) is 5.91 Å². The monoisotopic (exact) mass is 485 g/mol. The smallest absolute Gasteiger partial charge is 0.343 e. The third kappa shape index (κ3) is 5.71. The maximum Gasteiger partial charge on any atom is 0.343 e. The van der Waals surface area contributed by atoms with E-state index in [1.165, 1.54) is 51.9 Å². The molecular formula is C25H31N3O7. The van der Waals surface area contributed by atoms with Gasteiger partial charge in [-0.25, -0.2) is 9.78 Å². The van der Waals surface area contributed by atoms with Crippen molar-refractivity contribution in [2.45, 2.75) is 34.2 Å². The van der Waals surface area contributed by atoms with Gasteiger partial charge in [0.2, 0.25) is 11.2 Å². The summed E-state index contributed by atoms with van der Waals surface area (Å²) in [5.41, 5.74) is 0.296. The van der Waals surface area contributed by atoms with E-state index in [1.54, 1.807) is 11.5 Å². The number of methoxy groups -OCH3 is 3. The van der Waals surface area contributed by atoms with Crippen LogP contribution in [0.15, 0.2) is 35.4 Å². The van der Waals surface area contributed by atoms with Crippen LogP contribution in [0.1, 0.15) is 48.4 Å². The van der Waals surface area contributed by atoms with E-state index in [2.05, 4.69) is 10.3 Å². The van der Waals surface area contributed by atoms with E-state index in [4.69, 9.17) is 18.9 Å². The number of amides is 1. The van der Waals surface area contributed by atoms with E-state index >= 15 is 0 Å². The van der Waals surface area contributed by atoms with Gasteiger partial charge < -0.3 is 28.8 Å². The number of pyridine rings is 2. The minimum Gasteiger partial charge on any atom is -0.493 e. The van der Waals surface area contributed by atoms with Gasteiger partial charge in [-0.1, -0.05) is 13.8 Å². The average molecular weight is 486 g/mol. The highest BCUT2D eigenvalue weighted by atomic mass is 16.5. The van der Waals surface area contributed by atoms with Crippen molar-refractivity contribution in [2.24, 2.45) is 0 Å². The molecule has 0 radical (unpaired) electrons. The van der Waals surface area contributed by atoms with Gasteiger partial charge in [-0.2, -0.15) is 0 Å². The molecule has 0 fully saturated rings. The molecule has 1 amide bonds. The zero-order chi connectivity index (χ0) is 26.1. The van der Waals surface area contributed by atoms with E-state index in [0.717, 1.165) is 0 Å². The average Bonchev–Trinajstić information content (AvgIpc) is 2.89. The van der Waals surface area contributed by atoms with Gasteiger partial charge in [0.05, 0.1) is 45.2 Å². The van der Waals surface area contributed by atoms with Crippen molar-refractivity contribution in [3.05, 3.63) is 51.9 Å². The Labute approximate surface area is 203 Å². The Bertz CT molecular complexity index is 1240. The third-order valence-electron chi connectivity index (χ3n) is 4.93. The number of hydrogen-bond donors (Lipinski definition) is 1. The van der Waals surface area contributed by atoms with E-state index in [9.17, 15) is 14.4 Å². The van der Waals surface area contributed by atoms with Crippen molar-refractivity contribution in [3.8, 4) is 17.2 Å². The SMILES string of the molecule is CC.CCOC(=O)c1cn(CC)c2ncc(NC(=O)c3cc(OC)c(OC)c(OC)c3)cc2c1=O. The largest absolute Gasteiger partial charge is 0.493 e. The summed E-state index contributed by atoms with van der Waals surface area (Å²) in [5.74, 6) is -0.186. The lowest BCUT2D eigenvalue weighted by atomic mass is 10.1. The lowest BCUT2D eigenvalue weighted by Crippen LogP contribution is -2.21. The molecule has 2 aromatic heterocycles. The maximum absolute atomic E-state index is 12.9.